The Balaban J connectivity index is 1.93. The van der Waals surface area contributed by atoms with Crippen molar-refractivity contribution in [2.24, 2.45) is 0 Å². The van der Waals surface area contributed by atoms with Crippen molar-refractivity contribution in [1.82, 2.24) is 10.5 Å². The number of thiophene rings is 1. The van der Waals surface area contributed by atoms with Crippen LogP contribution in [-0.4, -0.2) is 5.16 Å². The summed E-state index contributed by atoms with van der Waals surface area (Å²) in [5.74, 6) is 0. The van der Waals surface area contributed by atoms with Gasteiger partial charge in [-0.25, -0.2) is 0 Å². The molecule has 0 aliphatic carbocycles. The molecule has 0 aliphatic heterocycles. The van der Waals surface area contributed by atoms with Gasteiger partial charge in [-0.2, -0.15) is 0 Å². The maximum atomic E-state index is 4.81. The Labute approximate surface area is 99.5 Å². The Morgan fingerprint density at radius 2 is 2.50 bits per heavy atom. The monoisotopic (exact) mass is 236 g/mol. The van der Waals surface area contributed by atoms with Gasteiger partial charge in [0.1, 0.15) is 6.26 Å². The van der Waals surface area contributed by atoms with E-state index in [0.717, 1.165) is 18.5 Å². The predicted octanol–water partition coefficient (Wildman–Crippen LogP) is 3.37. The van der Waals surface area contributed by atoms with Crippen LogP contribution in [0.3, 0.4) is 0 Å². The lowest BCUT2D eigenvalue weighted by atomic mass is 10.1. The third kappa shape index (κ3) is 2.93. The van der Waals surface area contributed by atoms with Crippen LogP contribution in [0.1, 0.15) is 36.2 Å². The Morgan fingerprint density at radius 3 is 3.12 bits per heavy atom. The first-order valence-corrected chi connectivity index (χ1v) is 6.43. The summed E-state index contributed by atoms with van der Waals surface area (Å²) in [5, 5.41) is 9.36. The second-order valence-corrected chi connectivity index (χ2v) is 4.75. The largest absolute Gasteiger partial charge is 0.364 e. The van der Waals surface area contributed by atoms with Crippen LogP contribution in [0.2, 0.25) is 0 Å². The summed E-state index contributed by atoms with van der Waals surface area (Å²) in [7, 11) is 0. The van der Waals surface area contributed by atoms with E-state index in [1.807, 2.05) is 0 Å². The zero-order valence-corrected chi connectivity index (χ0v) is 10.2. The molecule has 0 aliphatic rings. The van der Waals surface area contributed by atoms with E-state index in [-0.39, 0.29) is 0 Å². The molecule has 0 bridgehead atoms. The van der Waals surface area contributed by atoms with Gasteiger partial charge in [0.2, 0.25) is 0 Å². The summed E-state index contributed by atoms with van der Waals surface area (Å²) in [5.41, 5.74) is 1.10. The van der Waals surface area contributed by atoms with Gasteiger partial charge < -0.3 is 9.84 Å². The second kappa shape index (κ2) is 5.82. The van der Waals surface area contributed by atoms with Crippen LogP contribution >= 0.6 is 11.3 Å². The fourth-order valence-electron chi connectivity index (χ4n) is 1.68. The molecule has 0 aromatic carbocycles. The van der Waals surface area contributed by atoms with Crippen LogP contribution in [0, 0.1) is 0 Å². The second-order valence-electron chi connectivity index (χ2n) is 3.77. The molecule has 2 heterocycles. The van der Waals surface area contributed by atoms with Crippen molar-refractivity contribution in [3.8, 4) is 0 Å². The van der Waals surface area contributed by atoms with Crippen molar-refractivity contribution >= 4 is 11.3 Å². The molecule has 0 radical (unpaired) electrons. The lowest BCUT2D eigenvalue weighted by Crippen LogP contribution is -2.19. The highest BCUT2D eigenvalue weighted by molar-refractivity contribution is 7.10. The lowest BCUT2D eigenvalue weighted by molar-refractivity contribution is 0.417. The van der Waals surface area contributed by atoms with Gasteiger partial charge in [-0.1, -0.05) is 24.6 Å². The lowest BCUT2D eigenvalue weighted by Gasteiger charge is -2.15. The van der Waals surface area contributed by atoms with Gasteiger partial charge in [0.05, 0.1) is 6.20 Å². The van der Waals surface area contributed by atoms with Crippen molar-refractivity contribution in [3.63, 3.8) is 0 Å². The van der Waals surface area contributed by atoms with Crippen LogP contribution in [-0.2, 0) is 6.54 Å². The predicted molar refractivity (Wildman–Crippen MR) is 65.3 cm³/mol. The van der Waals surface area contributed by atoms with E-state index in [2.05, 4.69) is 34.9 Å². The van der Waals surface area contributed by atoms with Crippen molar-refractivity contribution in [3.05, 3.63) is 40.4 Å². The van der Waals surface area contributed by atoms with Gasteiger partial charge in [-0.3, -0.25) is 0 Å². The Hall–Kier alpha value is -1.13. The minimum atomic E-state index is 0.444. The zero-order valence-electron chi connectivity index (χ0n) is 9.35. The highest BCUT2D eigenvalue weighted by atomic mass is 32.1. The minimum Gasteiger partial charge on any atom is -0.364 e. The molecule has 0 fully saturated rings. The number of aromatic nitrogens is 1. The molecule has 1 atom stereocenters. The Morgan fingerprint density at radius 1 is 1.56 bits per heavy atom. The molecule has 2 aromatic heterocycles. The molecule has 0 saturated heterocycles. The maximum Gasteiger partial charge on any atom is 0.128 e. The van der Waals surface area contributed by atoms with Gasteiger partial charge in [0, 0.05) is 23.0 Å². The van der Waals surface area contributed by atoms with E-state index in [4.69, 9.17) is 4.52 Å². The molecular formula is C12H16N2OS. The van der Waals surface area contributed by atoms with E-state index in [1.165, 1.54) is 11.3 Å². The fraction of sp³-hybridized carbons (Fsp3) is 0.417. The molecular weight excluding hydrogens is 220 g/mol. The quantitative estimate of drug-likeness (QED) is 0.835. The summed E-state index contributed by atoms with van der Waals surface area (Å²) in [6.45, 7) is 3.02. The average Bonchev–Trinajstić information content (AvgIpc) is 2.96. The first-order valence-electron chi connectivity index (χ1n) is 5.55. The van der Waals surface area contributed by atoms with Crippen LogP contribution in [0.15, 0.2) is 34.5 Å². The van der Waals surface area contributed by atoms with E-state index >= 15 is 0 Å². The molecule has 4 heteroatoms. The van der Waals surface area contributed by atoms with Gasteiger partial charge >= 0.3 is 0 Å². The molecule has 16 heavy (non-hydrogen) atoms. The fourth-order valence-corrected chi connectivity index (χ4v) is 2.52. The third-order valence-corrected chi connectivity index (χ3v) is 3.49. The summed E-state index contributed by atoms with van der Waals surface area (Å²) < 4.78 is 4.81. The first-order chi connectivity index (χ1) is 7.90. The van der Waals surface area contributed by atoms with Crippen LogP contribution in [0.4, 0.5) is 0 Å². The number of nitrogens with zero attached hydrogens (tertiary/aromatic N) is 1. The van der Waals surface area contributed by atoms with Crippen LogP contribution in [0.25, 0.3) is 0 Å². The summed E-state index contributed by atoms with van der Waals surface area (Å²) in [4.78, 5) is 1.40. The molecule has 1 unspecified atom stereocenters. The zero-order chi connectivity index (χ0) is 11.2. The molecule has 3 nitrogen and oxygen atoms in total. The topological polar surface area (TPSA) is 38.1 Å². The number of hydrogen-bond donors (Lipinski definition) is 1. The van der Waals surface area contributed by atoms with Crippen LogP contribution in [0.5, 0.6) is 0 Å². The highest BCUT2D eigenvalue weighted by Gasteiger charge is 2.11. The van der Waals surface area contributed by atoms with Gasteiger partial charge in [0.25, 0.3) is 0 Å². The Kier molecular flexibility index (Phi) is 4.13. The summed E-state index contributed by atoms with van der Waals surface area (Å²) in [6.07, 6.45) is 5.78. The van der Waals surface area contributed by atoms with Crippen LogP contribution < -0.4 is 5.32 Å². The molecule has 2 aromatic rings. The van der Waals surface area contributed by atoms with Crippen molar-refractivity contribution < 1.29 is 4.52 Å². The van der Waals surface area contributed by atoms with Crippen molar-refractivity contribution in [2.75, 3.05) is 0 Å². The third-order valence-electron chi connectivity index (χ3n) is 2.50. The van der Waals surface area contributed by atoms with E-state index in [1.54, 1.807) is 23.8 Å². The molecule has 0 spiro atoms. The molecule has 1 N–H and O–H groups in total. The minimum absolute atomic E-state index is 0.444. The molecule has 2 rings (SSSR count). The summed E-state index contributed by atoms with van der Waals surface area (Å²) >= 11 is 1.81. The van der Waals surface area contributed by atoms with E-state index in [0.29, 0.717) is 6.04 Å². The normalized spacial score (nSPS) is 12.8. The average molecular weight is 236 g/mol. The van der Waals surface area contributed by atoms with E-state index in [9.17, 15) is 0 Å². The van der Waals surface area contributed by atoms with Crippen molar-refractivity contribution in [1.29, 1.82) is 0 Å². The van der Waals surface area contributed by atoms with E-state index < -0.39 is 0 Å². The molecule has 0 amide bonds. The molecule has 86 valence electrons. The highest BCUT2D eigenvalue weighted by Crippen LogP contribution is 2.23. The number of nitrogens with one attached hydrogen (secondary N) is 1. The maximum absolute atomic E-state index is 4.81. The smallest absolute Gasteiger partial charge is 0.128 e. The van der Waals surface area contributed by atoms with Gasteiger partial charge in [0.15, 0.2) is 0 Å². The standard InChI is InChI=1S/C12H16N2OS/c1-2-4-11(12-5-3-6-16-12)13-7-10-8-14-15-9-10/h3,5-6,8-9,11,13H,2,4,7H2,1H3. The van der Waals surface area contributed by atoms with Gasteiger partial charge in [-0.05, 0) is 17.9 Å². The SMILES string of the molecule is CCCC(NCc1cnoc1)c1cccs1. The molecule has 0 saturated carbocycles. The first kappa shape index (κ1) is 11.4. The van der Waals surface area contributed by atoms with Crippen molar-refractivity contribution in [2.45, 2.75) is 32.4 Å². The summed E-state index contributed by atoms with van der Waals surface area (Å²) in [6, 6.07) is 4.73. The number of hydrogen-bond acceptors (Lipinski definition) is 4. The Bertz CT molecular complexity index is 383. The van der Waals surface area contributed by atoms with Gasteiger partial charge in [-0.15, -0.1) is 11.3 Å². The number of rotatable bonds is 6.